The van der Waals surface area contributed by atoms with Crippen molar-refractivity contribution in [3.05, 3.63) is 48.3 Å². The van der Waals surface area contributed by atoms with E-state index in [4.69, 9.17) is 4.74 Å². The van der Waals surface area contributed by atoms with Gasteiger partial charge >= 0.3 is 0 Å². The van der Waals surface area contributed by atoms with Crippen molar-refractivity contribution in [2.75, 3.05) is 39.4 Å². The maximum Gasteiger partial charge on any atom is 0.239 e. The number of carbonyl (C=O) groups excluding carboxylic acids is 1. The molecule has 0 spiro atoms. The van der Waals surface area contributed by atoms with E-state index in [1.165, 1.54) is 0 Å². The molecule has 1 atom stereocenters. The zero-order valence-corrected chi connectivity index (χ0v) is 16.5. The molecule has 0 bridgehead atoms. The molecule has 0 N–H and O–H groups in total. The summed E-state index contributed by atoms with van der Waals surface area (Å²) in [7, 11) is 0. The molecule has 2 aliphatic heterocycles. The SMILES string of the molecule is CC(C(=O)N1CCC(c2nccn2Cc2ccccn2)CC1)N1CCOCC1. The van der Waals surface area contributed by atoms with Crippen molar-refractivity contribution in [1.82, 2.24) is 24.3 Å². The molecule has 0 aromatic carbocycles. The van der Waals surface area contributed by atoms with Gasteiger partial charge in [-0.15, -0.1) is 0 Å². The number of aromatic nitrogens is 3. The number of imidazole rings is 1. The summed E-state index contributed by atoms with van der Waals surface area (Å²) in [5, 5.41) is 0. The fourth-order valence-electron chi connectivity index (χ4n) is 4.22. The van der Waals surface area contributed by atoms with Crippen LogP contribution in [0.2, 0.25) is 0 Å². The largest absolute Gasteiger partial charge is 0.379 e. The fraction of sp³-hybridized carbons (Fsp3) is 0.571. The van der Waals surface area contributed by atoms with Crippen LogP contribution < -0.4 is 0 Å². The first kappa shape index (κ1) is 19.1. The van der Waals surface area contributed by atoms with Gasteiger partial charge in [-0.05, 0) is 31.9 Å². The van der Waals surface area contributed by atoms with Gasteiger partial charge in [0.05, 0.1) is 31.5 Å². The highest BCUT2D eigenvalue weighted by molar-refractivity contribution is 5.81. The van der Waals surface area contributed by atoms with Crippen LogP contribution in [0.4, 0.5) is 0 Å². The molecule has 2 aliphatic rings. The second kappa shape index (κ2) is 8.84. The van der Waals surface area contributed by atoms with Crippen molar-refractivity contribution >= 4 is 5.91 Å². The quantitative estimate of drug-likeness (QED) is 0.787. The lowest BCUT2D eigenvalue weighted by Crippen LogP contribution is -2.52. The fourth-order valence-corrected chi connectivity index (χ4v) is 4.22. The number of hydrogen-bond acceptors (Lipinski definition) is 5. The molecule has 1 unspecified atom stereocenters. The maximum absolute atomic E-state index is 12.9. The van der Waals surface area contributed by atoms with Crippen molar-refractivity contribution in [3.8, 4) is 0 Å². The lowest BCUT2D eigenvalue weighted by atomic mass is 9.95. The number of nitrogens with zero attached hydrogens (tertiary/aromatic N) is 5. The standard InChI is InChI=1S/C21H29N5O2/c1-17(24-12-14-28-15-13-24)21(27)25-9-5-18(6-10-25)20-23-8-11-26(20)16-19-4-2-3-7-22-19/h2-4,7-8,11,17-18H,5-6,9-10,12-16H2,1H3. The highest BCUT2D eigenvalue weighted by Gasteiger charge is 2.31. The molecule has 4 heterocycles. The van der Waals surface area contributed by atoms with Gasteiger partial charge in [0, 0.05) is 50.7 Å². The summed E-state index contributed by atoms with van der Waals surface area (Å²) in [5.41, 5.74) is 1.04. The number of hydrogen-bond donors (Lipinski definition) is 0. The number of amides is 1. The van der Waals surface area contributed by atoms with Crippen LogP contribution in [-0.2, 0) is 16.1 Å². The Balaban J connectivity index is 1.34. The van der Waals surface area contributed by atoms with Gasteiger partial charge in [-0.3, -0.25) is 14.7 Å². The molecule has 0 radical (unpaired) electrons. The van der Waals surface area contributed by atoms with Crippen LogP contribution in [0.1, 0.15) is 37.2 Å². The second-order valence-electron chi connectivity index (χ2n) is 7.66. The van der Waals surface area contributed by atoms with E-state index in [0.29, 0.717) is 5.92 Å². The number of morpholine rings is 1. The Morgan fingerprint density at radius 1 is 1.14 bits per heavy atom. The van der Waals surface area contributed by atoms with E-state index in [2.05, 4.69) is 19.4 Å². The predicted molar refractivity (Wildman–Crippen MR) is 106 cm³/mol. The molecule has 0 saturated carbocycles. The van der Waals surface area contributed by atoms with Crippen LogP contribution in [-0.4, -0.2) is 75.7 Å². The molecule has 7 nitrogen and oxygen atoms in total. The zero-order valence-electron chi connectivity index (χ0n) is 16.5. The minimum atomic E-state index is -0.0633. The molecule has 2 aromatic heterocycles. The molecule has 2 fully saturated rings. The van der Waals surface area contributed by atoms with E-state index in [1.807, 2.05) is 48.6 Å². The summed E-state index contributed by atoms with van der Waals surface area (Å²) >= 11 is 0. The van der Waals surface area contributed by atoms with Gasteiger partial charge in [-0.2, -0.15) is 0 Å². The zero-order chi connectivity index (χ0) is 19.3. The van der Waals surface area contributed by atoms with E-state index in [-0.39, 0.29) is 11.9 Å². The highest BCUT2D eigenvalue weighted by atomic mass is 16.5. The van der Waals surface area contributed by atoms with E-state index in [1.54, 1.807) is 0 Å². The van der Waals surface area contributed by atoms with Crippen molar-refractivity contribution < 1.29 is 9.53 Å². The Hall–Kier alpha value is -2.25. The van der Waals surface area contributed by atoms with Crippen molar-refractivity contribution in [2.24, 2.45) is 0 Å². The van der Waals surface area contributed by atoms with Gasteiger partial charge in [-0.1, -0.05) is 6.07 Å². The smallest absolute Gasteiger partial charge is 0.239 e. The number of pyridine rings is 1. The Kier molecular flexibility index (Phi) is 6.02. The first-order valence-electron chi connectivity index (χ1n) is 10.2. The summed E-state index contributed by atoms with van der Waals surface area (Å²) in [6.45, 7) is 7.49. The van der Waals surface area contributed by atoms with E-state index >= 15 is 0 Å². The maximum atomic E-state index is 12.9. The Morgan fingerprint density at radius 3 is 2.64 bits per heavy atom. The molecule has 2 saturated heterocycles. The number of ether oxygens (including phenoxy) is 1. The summed E-state index contributed by atoms with van der Waals surface area (Å²) in [5.74, 6) is 1.75. The van der Waals surface area contributed by atoms with Gasteiger partial charge in [-0.25, -0.2) is 4.98 Å². The lowest BCUT2D eigenvalue weighted by Gasteiger charge is -2.37. The van der Waals surface area contributed by atoms with Gasteiger partial charge in [0.2, 0.25) is 5.91 Å². The molecule has 7 heteroatoms. The third-order valence-corrected chi connectivity index (χ3v) is 5.93. The topological polar surface area (TPSA) is 63.5 Å². The number of rotatable bonds is 5. The average molecular weight is 383 g/mol. The minimum Gasteiger partial charge on any atom is -0.379 e. The molecule has 4 rings (SSSR count). The Morgan fingerprint density at radius 2 is 1.93 bits per heavy atom. The lowest BCUT2D eigenvalue weighted by molar-refractivity contribution is -0.139. The van der Waals surface area contributed by atoms with Crippen LogP contribution in [0.3, 0.4) is 0 Å². The van der Waals surface area contributed by atoms with Gasteiger partial charge in [0.1, 0.15) is 5.82 Å². The summed E-state index contributed by atoms with van der Waals surface area (Å²) in [6.07, 6.45) is 7.64. The molecule has 150 valence electrons. The number of carbonyl (C=O) groups is 1. The van der Waals surface area contributed by atoms with Crippen LogP contribution in [0.5, 0.6) is 0 Å². The first-order valence-corrected chi connectivity index (χ1v) is 10.2. The third kappa shape index (κ3) is 4.25. The van der Waals surface area contributed by atoms with E-state index in [0.717, 1.165) is 70.3 Å². The van der Waals surface area contributed by atoms with Gasteiger partial charge in [0.25, 0.3) is 0 Å². The first-order chi connectivity index (χ1) is 13.7. The van der Waals surface area contributed by atoms with Crippen LogP contribution >= 0.6 is 0 Å². The minimum absolute atomic E-state index is 0.0633. The Bertz CT molecular complexity index is 764. The third-order valence-electron chi connectivity index (χ3n) is 5.93. The van der Waals surface area contributed by atoms with Crippen LogP contribution in [0.15, 0.2) is 36.8 Å². The normalized spacial score (nSPS) is 20.2. The van der Waals surface area contributed by atoms with Crippen LogP contribution in [0, 0.1) is 0 Å². The number of piperidine rings is 1. The summed E-state index contributed by atoms with van der Waals surface area (Å²) < 4.78 is 7.60. The van der Waals surface area contributed by atoms with Crippen LogP contribution in [0.25, 0.3) is 0 Å². The van der Waals surface area contributed by atoms with E-state index < -0.39 is 0 Å². The predicted octanol–water partition coefficient (Wildman–Crippen LogP) is 1.75. The second-order valence-corrected chi connectivity index (χ2v) is 7.66. The highest BCUT2D eigenvalue weighted by Crippen LogP contribution is 2.28. The number of likely N-dealkylation sites (tertiary alicyclic amines) is 1. The molecule has 28 heavy (non-hydrogen) atoms. The van der Waals surface area contributed by atoms with Crippen molar-refractivity contribution in [1.29, 1.82) is 0 Å². The molecule has 2 aromatic rings. The van der Waals surface area contributed by atoms with E-state index in [9.17, 15) is 4.79 Å². The molecular weight excluding hydrogens is 354 g/mol. The monoisotopic (exact) mass is 383 g/mol. The van der Waals surface area contributed by atoms with Crippen molar-refractivity contribution in [2.45, 2.75) is 38.3 Å². The summed E-state index contributed by atoms with van der Waals surface area (Å²) in [4.78, 5) is 26.2. The Labute approximate surface area is 166 Å². The van der Waals surface area contributed by atoms with Gasteiger partial charge in [0.15, 0.2) is 0 Å². The summed E-state index contributed by atoms with van der Waals surface area (Å²) in [6, 6.07) is 5.92. The molecule has 1 amide bonds. The van der Waals surface area contributed by atoms with Crippen molar-refractivity contribution in [3.63, 3.8) is 0 Å². The molecular formula is C21H29N5O2. The average Bonchev–Trinajstić information content (AvgIpc) is 3.22. The molecule has 0 aliphatic carbocycles. The van der Waals surface area contributed by atoms with Gasteiger partial charge < -0.3 is 14.2 Å².